The van der Waals surface area contributed by atoms with Crippen LogP contribution in [0.25, 0.3) is 0 Å². The molecule has 4 nitrogen and oxygen atoms in total. The molecule has 0 saturated heterocycles. The number of carbonyl (C=O) groups excluding carboxylic acids is 1. The molecule has 24 heavy (non-hydrogen) atoms. The summed E-state index contributed by atoms with van der Waals surface area (Å²) < 4.78 is 13.2. The number of allylic oxidation sites excluding steroid dienone is 1. The lowest BCUT2D eigenvalue weighted by atomic mass is 9.95. The fourth-order valence-electron chi connectivity index (χ4n) is 2.62. The molecule has 1 heterocycles. The van der Waals surface area contributed by atoms with Crippen LogP contribution in [0.2, 0.25) is 0 Å². The van der Waals surface area contributed by atoms with E-state index in [4.69, 9.17) is 12.2 Å². The van der Waals surface area contributed by atoms with Crippen molar-refractivity contribution in [3.05, 3.63) is 77.2 Å². The largest absolute Gasteiger partial charge is 0.351 e. The number of carbonyl (C=O) groups is 1. The first kappa shape index (κ1) is 16.1. The van der Waals surface area contributed by atoms with Crippen molar-refractivity contribution in [1.82, 2.24) is 10.6 Å². The maximum absolute atomic E-state index is 13.2. The van der Waals surface area contributed by atoms with E-state index < -0.39 is 6.04 Å². The number of hydrogen-bond acceptors (Lipinski definition) is 2. The Hall–Kier alpha value is -2.73. The molecule has 0 bridgehead atoms. The highest BCUT2D eigenvalue weighted by molar-refractivity contribution is 7.80. The van der Waals surface area contributed by atoms with Gasteiger partial charge in [-0.1, -0.05) is 30.3 Å². The molecule has 0 aromatic heterocycles. The van der Waals surface area contributed by atoms with Crippen molar-refractivity contribution in [3.63, 3.8) is 0 Å². The van der Waals surface area contributed by atoms with E-state index in [2.05, 4.69) is 16.0 Å². The van der Waals surface area contributed by atoms with E-state index in [0.717, 1.165) is 5.56 Å². The van der Waals surface area contributed by atoms with Crippen LogP contribution in [-0.4, -0.2) is 11.0 Å². The number of thiocarbonyl (C=S) groups is 1. The standard InChI is InChI=1S/C18H16FN3OS/c1-11-15(17(23)21-14-5-3-2-4-6-14)16(22-18(24)20-11)12-7-9-13(19)10-8-12/h2-10,16H,1H3,(H,21,23)(H2,20,22,24)/t16-/m1/s1. The SMILES string of the molecule is CC1=C(C(=O)Nc2ccccc2)[C@@H](c2ccc(F)cc2)NC(=S)N1. The summed E-state index contributed by atoms with van der Waals surface area (Å²) in [6, 6.07) is 14.8. The van der Waals surface area contributed by atoms with Crippen molar-refractivity contribution in [2.75, 3.05) is 5.32 Å². The molecule has 6 heteroatoms. The van der Waals surface area contributed by atoms with Gasteiger partial charge in [-0.3, -0.25) is 4.79 Å². The number of hydrogen-bond donors (Lipinski definition) is 3. The third-order valence-corrected chi connectivity index (χ3v) is 3.97. The normalized spacial score (nSPS) is 17.1. The number of amides is 1. The summed E-state index contributed by atoms with van der Waals surface area (Å²) in [7, 11) is 0. The minimum absolute atomic E-state index is 0.240. The van der Waals surface area contributed by atoms with Crippen molar-refractivity contribution < 1.29 is 9.18 Å². The van der Waals surface area contributed by atoms with Crippen molar-refractivity contribution in [2.45, 2.75) is 13.0 Å². The van der Waals surface area contributed by atoms with Gasteiger partial charge in [0.05, 0.1) is 11.6 Å². The summed E-state index contributed by atoms with van der Waals surface area (Å²) in [6.07, 6.45) is 0. The van der Waals surface area contributed by atoms with Crippen LogP contribution in [-0.2, 0) is 4.79 Å². The molecule has 0 fully saturated rings. The Kier molecular flexibility index (Phi) is 4.57. The van der Waals surface area contributed by atoms with Crippen LogP contribution < -0.4 is 16.0 Å². The number of rotatable bonds is 3. The molecule has 1 aliphatic heterocycles. The van der Waals surface area contributed by atoms with Crippen molar-refractivity contribution in [2.24, 2.45) is 0 Å². The maximum Gasteiger partial charge on any atom is 0.255 e. The Morgan fingerprint density at radius 2 is 1.79 bits per heavy atom. The predicted octanol–water partition coefficient (Wildman–Crippen LogP) is 3.26. The van der Waals surface area contributed by atoms with Crippen LogP contribution in [0, 0.1) is 5.82 Å². The Morgan fingerprint density at radius 1 is 1.12 bits per heavy atom. The summed E-state index contributed by atoms with van der Waals surface area (Å²) in [5, 5.41) is 9.35. The highest BCUT2D eigenvalue weighted by Crippen LogP contribution is 2.27. The molecule has 0 radical (unpaired) electrons. The van der Waals surface area contributed by atoms with Gasteiger partial charge in [0.2, 0.25) is 0 Å². The number of benzene rings is 2. The Balaban J connectivity index is 1.94. The summed E-state index contributed by atoms with van der Waals surface area (Å²) >= 11 is 5.19. The summed E-state index contributed by atoms with van der Waals surface area (Å²) in [4.78, 5) is 12.8. The van der Waals surface area contributed by atoms with E-state index in [9.17, 15) is 9.18 Å². The lowest BCUT2D eigenvalue weighted by molar-refractivity contribution is -0.113. The second-order valence-electron chi connectivity index (χ2n) is 5.44. The molecule has 122 valence electrons. The first-order valence-electron chi connectivity index (χ1n) is 7.45. The molecule has 0 saturated carbocycles. The van der Waals surface area contributed by atoms with E-state index in [-0.39, 0.29) is 11.7 Å². The summed E-state index contributed by atoms with van der Waals surface area (Å²) in [5.41, 5.74) is 2.65. The fourth-order valence-corrected chi connectivity index (χ4v) is 2.89. The topological polar surface area (TPSA) is 53.2 Å². The van der Waals surface area contributed by atoms with E-state index >= 15 is 0 Å². The van der Waals surface area contributed by atoms with Crippen LogP contribution in [0.3, 0.4) is 0 Å². The zero-order valence-electron chi connectivity index (χ0n) is 13.0. The van der Waals surface area contributed by atoms with E-state index in [0.29, 0.717) is 22.1 Å². The van der Waals surface area contributed by atoms with Gasteiger partial charge in [-0.25, -0.2) is 4.39 Å². The quantitative estimate of drug-likeness (QED) is 0.750. The van der Waals surface area contributed by atoms with Gasteiger partial charge in [0.15, 0.2) is 5.11 Å². The van der Waals surface area contributed by atoms with Crippen molar-refractivity contribution in [3.8, 4) is 0 Å². The number of anilines is 1. The molecule has 1 aliphatic rings. The first-order chi connectivity index (χ1) is 11.5. The number of nitrogens with one attached hydrogen (secondary N) is 3. The molecular formula is C18H16FN3OS. The molecule has 0 unspecified atom stereocenters. The summed E-state index contributed by atoms with van der Waals surface area (Å²) in [5.74, 6) is -0.568. The third kappa shape index (κ3) is 3.44. The first-order valence-corrected chi connectivity index (χ1v) is 7.85. The molecule has 2 aromatic rings. The predicted molar refractivity (Wildman–Crippen MR) is 95.8 cm³/mol. The van der Waals surface area contributed by atoms with Gasteiger partial charge in [-0.15, -0.1) is 0 Å². The summed E-state index contributed by atoms with van der Waals surface area (Å²) in [6.45, 7) is 1.80. The molecule has 1 atom stereocenters. The minimum atomic E-state index is -0.442. The third-order valence-electron chi connectivity index (χ3n) is 3.75. The van der Waals surface area contributed by atoms with Gasteiger partial charge in [0.1, 0.15) is 5.82 Å². The van der Waals surface area contributed by atoms with Gasteiger partial charge in [0, 0.05) is 11.4 Å². The van der Waals surface area contributed by atoms with E-state index in [1.54, 1.807) is 19.1 Å². The lowest BCUT2D eigenvalue weighted by Crippen LogP contribution is -2.45. The van der Waals surface area contributed by atoms with Crippen LogP contribution in [0.15, 0.2) is 65.9 Å². The maximum atomic E-state index is 13.2. The highest BCUT2D eigenvalue weighted by Gasteiger charge is 2.29. The second kappa shape index (κ2) is 6.80. The zero-order chi connectivity index (χ0) is 17.1. The number of halogens is 1. The smallest absolute Gasteiger partial charge is 0.255 e. The Labute approximate surface area is 144 Å². The van der Waals surface area contributed by atoms with Crippen LogP contribution in [0.4, 0.5) is 10.1 Å². The molecule has 3 rings (SSSR count). The zero-order valence-corrected chi connectivity index (χ0v) is 13.8. The molecule has 0 spiro atoms. The van der Waals surface area contributed by atoms with E-state index in [1.165, 1.54) is 12.1 Å². The van der Waals surface area contributed by atoms with Gasteiger partial charge >= 0.3 is 0 Å². The van der Waals surface area contributed by atoms with E-state index in [1.807, 2.05) is 30.3 Å². The molecule has 0 aliphatic carbocycles. The molecular weight excluding hydrogens is 325 g/mol. The van der Waals surface area contributed by atoms with Crippen LogP contribution in [0.5, 0.6) is 0 Å². The Morgan fingerprint density at radius 3 is 2.46 bits per heavy atom. The molecule has 3 N–H and O–H groups in total. The van der Waals surface area contributed by atoms with Gasteiger partial charge in [-0.05, 0) is 49.0 Å². The lowest BCUT2D eigenvalue weighted by Gasteiger charge is -2.30. The monoisotopic (exact) mass is 341 g/mol. The average Bonchev–Trinajstić information content (AvgIpc) is 2.55. The van der Waals surface area contributed by atoms with Crippen molar-refractivity contribution in [1.29, 1.82) is 0 Å². The molecule has 1 amide bonds. The van der Waals surface area contributed by atoms with Crippen LogP contribution in [0.1, 0.15) is 18.5 Å². The molecule has 2 aromatic carbocycles. The minimum Gasteiger partial charge on any atom is -0.351 e. The Bertz CT molecular complexity index is 803. The average molecular weight is 341 g/mol. The van der Waals surface area contributed by atoms with Gasteiger partial charge in [0.25, 0.3) is 5.91 Å². The van der Waals surface area contributed by atoms with Gasteiger partial charge in [-0.2, -0.15) is 0 Å². The van der Waals surface area contributed by atoms with Crippen LogP contribution >= 0.6 is 12.2 Å². The number of para-hydroxylation sites is 1. The van der Waals surface area contributed by atoms with Crippen molar-refractivity contribution >= 4 is 28.9 Å². The second-order valence-corrected chi connectivity index (χ2v) is 5.85. The van der Waals surface area contributed by atoms with Gasteiger partial charge < -0.3 is 16.0 Å². The highest BCUT2D eigenvalue weighted by atomic mass is 32.1. The fraction of sp³-hybridized carbons (Fsp3) is 0.111.